The summed E-state index contributed by atoms with van der Waals surface area (Å²) < 4.78 is 24.8. The topological polar surface area (TPSA) is 69.7 Å². The van der Waals surface area contributed by atoms with Gasteiger partial charge in [0.15, 0.2) is 0 Å². The molecule has 124 valence electrons. The molecular formula is C13H19Cl2N3O3S. The van der Waals surface area contributed by atoms with Crippen molar-refractivity contribution < 1.29 is 13.2 Å². The molecule has 0 heterocycles. The van der Waals surface area contributed by atoms with Crippen LogP contribution in [0.5, 0.6) is 0 Å². The van der Waals surface area contributed by atoms with E-state index in [9.17, 15) is 13.2 Å². The molecule has 1 aromatic rings. The molecule has 22 heavy (non-hydrogen) atoms. The predicted octanol–water partition coefficient (Wildman–Crippen LogP) is 1.44. The molecule has 9 heteroatoms. The van der Waals surface area contributed by atoms with Crippen molar-refractivity contribution in [3.8, 4) is 0 Å². The monoisotopic (exact) mass is 367 g/mol. The van der Waals surface area contributed by atoms with Crippen molar-refractivity contribution in [2.24, 2.45) is 0 Å². The quantitative estimate of drug-likeness (QED) is 0.791. The molecule has 0 radical (unpaired) electrons. The Morgan fingerprint density at radius 3 is 2.41 bits per heavy atom. The van der Waals surface area contributed by atoms with Crippen LogP contribution >= 0.6 is 23.2 Å². The lowest BCUT2D eigenvalue weighted by atomic mass is 10.3. The molecule has 0 unspecified atom stereocenters. The van der Waals surface area contributed by atoms with E-state index in [0.717, 1.165) is 10.6 Å². The van der Waals surface area contributed by atoms with Crippen LogP contribution in [-0.4, -0.2) is 59.2 Å². The summed E-state index contributed by atoms with van der Waals surface area (Å²) >= 11 is 11.8. The Bertz CT molecular complexity index is 635. The van der Waals surface area contributed by atoms with Gasteiger partial charge in [0, 0.05) is 18.1 Å². The maximum absolute atomic E-state index is 11.9. The maximum Gasteiger partial charge on any atom is 0.240 e. The van der Waals surface area contributed by atoms with Gasteiger partial charge in [-0.05, 0) is 32.3 Å². The van der Waals surface area contributed by atoms with Gasteiger partial charge in [-0.25, -0.2) is 8.42 Å². The van der Waals surface area contributed by atoms with Crippen LogP contribution in [0.2, 0.25) is 10.0 Å². The van der Waals surface area contributed by atoms with Crippen LogP contribution in [0, 0.1) is 0 Å². The van der Waals surface area contributed by atoms with Crippen molar-refractivity contribution in [1.82, 2.24) is 10.2 Å². The number of halogens is 2. The zero-order valence-electron chi connectivity index (χ0n) is 12.6. The average molecular weight is 368 g/mol. The second kappa shape index (κ2) is 8.01. The van der Waals surface area contributed by atoms with Crippen molar-refractivity contribution in [2.75, 3.05) is 44.3 Å². The number of likely N-dealkylation sites (N-methyl/N-ethyl adjacent to an activating group) is 1. The highest BCUT2D eigenvalue weighted by atomic mass is 35.5. The first-order chi connectivity index (χ1) is 10.1. The Hall–Kier alpha value is -1.02. The highest BCUT2D eigenvalue weighted by Crippen LogP contribution is 2.30. The molecule has 0 aliphatic rings. The minimum absolute atomic E-state index is 0.166. The highest BCUT2D eigenvalue weighted by molar-refractivity contribution is 7.92. The van der Waals surface area contributed by atoms with E-state index < -0.39 is 15.9 Å². The number of carbonyl (C=O) groups is 1. The van der Waals surface area contributed by atoms with Crippen LogP contribution < -0.4 is 9.62 Å². The zero-order chi connectivity index (χ0) is 16.9. The Morgan fingerprint density at radius 1 is 1.27 bits per heavy atom. The number of sulfonamides is 1. The molecule has 6 nitrogen and oxygen atoms in total. The summed E-state index contributed by atoms with van der Waals surface area (Å²) in [5.74, 6) is -0.404. The van der Waals surface area contributed by atoms with Crippen molar-refractivity contribution >= 4 is 44.8 Å². The number of hydrogen-bond donors (Lipinski definition) is 1. The van der Waals surface area contributed by atoms with E-state index in [1.165, 1.54) is 18.2 Å². The fraction of sp³-hybridized carbons (Fsp3) is 0.462. The third-order valence-corrected chi connectivity index (χ3v) is 4.41. The number of rotatable bonds is 7. The number of nitrogens with one attached hydrogen (secondary N) is 1. The lowest BCUT2D eigenvalue weighted by molar-refractivity contribution is -0.119. The molecule has 0 bridgehead atoms. The van der Waals surface area contributed by atoms with Gasteiger partial charge in [0.05, 0.1) is 17.0 Å². The molecule has 0 saturated carbocycles. The van der Waals surface area contributed by atoms with Crippen LogP contribution in [0.25, 0.3) is 0 Å². The van der Waals surface area contributed by atoms with Crippen LogP contribution in [0.4, 0.5) is 5.69 Å². The molecule has 0 fully saturated rings. The standard InChI is InChI=1S/C13H19Cl2N3O3S/c1-17(2)7-6-16-13(19)9-18(22(3,20)21)12-5-4-10(14)8-11(12)15/h4-5,8H,6-7,9H2,1-3H3,(H,16,19). The highest BCUT2D eigenvalue weighted by Gasteiger charge is 2.22. The average Bonchev–Trinajstić information content (AvgIpc) is 2.35. The fourth-order valence-electron chi connectivity index (χ4n) is 1.67. The Labute approximate surface area is 141 Å². The SMILES string of the molecule is CN(C)CCNC(=O)CN(c1ccc(Cl)cc1Cl)S(C)(=O)=O. The third-order valence-electron chi connectivity index (χ3n) is 2.75. The smallest absolute Gasteiger partial charge is 0.240 e. The van der Waals surface area contributed by atoms with Gasteiger partial charge in [-0.1, -0.05) is 23.2 Å². The van der Waals surface area contributed by atoms with Crippen LogP contribution in [-0.2, 0) is 14.8 Å². The van der Waals surface area contributed by atoms with E-state index in [2.05, 4.69) is 5.32 Å². The summed E-state index contributed by atoms with van der Waals surface area (Å²) in [7, 11) is 0.0997. The first kappa shape index (κ1) is 19.0. The van der Waals surface area contributed by atoms with Gasteiger partial charge in [0.2, 0.25) is 15.9 Å². The van der Waals surface area contributed by atoms with Gasteiger partial charge in [-0.3, -0.25) is 9.10 Å². The van der Waals surface area contributed by atoms with E-state index in [0.29, 0.717) is 18.1 Å². The second-order valence-electron chi connectivity index (χ2n) is 5.02. The molecule has 1 aromatic carbocycles. The molecule has 1 rings (SSSR count). The molecule has 0 atom stereocenters. The van der Waals surface area contributed by atoms with Crippen LogP contribution in [0.1, 0.15) is 0 Å². The van der Waals surface area contributed by atoms with Gasteiger partial charge < -0.3 is 10.2 Å². The number of anilines is 1. The van der Waals surface area contributed by atoms with Crippen molar-refractivity contribution in [1.29, 1.82) is 0 Å². The van der Waals surface area contributed by atoms with E-state index in [-0.39, 0.29) is 17.3 Å². The fourth-order valence-corrected chi connectivity index (χ4v) is 3.10. The van der Waals surface area contributed by atoms with Crippen molar-refractivity contribution in [3.05, 3.63) is 28.2 Å². The van der Waals surface area contributed by atoms with E-state index in [4.69, 9.17) is 23.2 Å². The molecule has 1 amide bonds. The summed E-state index contributed by atoms with van der Waals surface area (Å²) in [6.45, 7) is 0.748. The summed E-state index contributed by atoms with van der Waals surface area (Å²) in [5, 5.41) is 3.21. The molecule has 0 aromatic heterocycles. The number of carbonyl (C=O) groups excluding carboxylic acids is 1. The molecule has 0 aliphatic heterocycles. The summed E-state index contributed by atoms with van der Waals surface area (Å²) in [4.78, 5) is 13.8. The normalized spacial score (nSPS) is 11.5. The Balaban J connectivity index is 2.89. The Morgan fingerprint density at radius 2 is 1.91 bits per heavy atom. The summed E-state index contributed by atoms with van der Waals surface area (Å²) in [5.41, 5.74) is 0.219. The number of nitrogens with zero attached hydrogens (tertiary/aromatic N) is 2. The van der Waals surface area contributed by atoms with Crippen LogP contribution in [0.15, 0.2) is 18.2 Å². The minimum atomic E-state index is -3.66. The zero-order valence-corrected chi connectivity index (χ0v) is 15.0. The van der Waals surface area contributed by atoms with Crippen molar-refractivity contribution in [3.63, 3.8) is 0 Å². The first-order valence-electron chi connectivity index (χ1n) is 6.45. The van der Waals surface area contributed by atoms with Gasteiger partial charge in [-0.15, -0.1) is 0 Å². The van der Waals surface area contributed by atoms with Gasteiger partial charge in [0.25, 0.3) is 0 Å². The first-order valence-corrected chi connectivity index (χ1v) is 9.06. The van der Waals surface area contributed by atoms with Gasteiger partial charge in [-0.2, -0.15) is 0 Å². The third kappa shape index (κ3) is 6.00. The summed E-state index contributed by atoms with van der Waals surface area (Å²) in [6, 6.07) is 4.42. The lowest BCUT2D eigenvalue weighted by Crippen LogP contribution is -2.42. The second-order valence-corrected chi connectivity index (χ2v) is 7.77. The molecule has 0 spiro atoms. The van der Waals surface area contributed by atoms with Crippen LogP contribution in [0.3, 0.4) is 0 Å². The Kier molecular flexibility index (Phi) is 6.93. The van der Waals surface area contributed by atoms with Crippen molar-refractivity contribution in [2.45, 2.75) is 0 Å². The molecule has 0 aliphatic carbocycles. The molecular weight excluding hydrogens is 349 g/mol. The van der Waals surface area contributed by atoms with Gasteiger partial charge in [0.1, 0.15) is 6.54 Å². The number of amides is 1. The van der Waals surface area contributed by atoms with E-state index >= 15 is 0 Å². The summed E-state index contributed by atoms with van der Waals surface area (Å²) in [6.07, 6.45) is 1.02. The number of hydrogen-bond acceptors (Lipinski definition) is 4. The van der Waals surface area contributed by atoms with E-state index in [1.54, 1.807) is 0 Å². The predicted molar refractivity (Wildman–Crippen MR) is 90.2 cm³/mol. The minimum Gasteiger partial charge on any atom is -0.353 e. The molecule has 1 N–H and O–H groups in total. The largest absolute Gasteiger partial charge is 0.353 e. The van der Waals surface area contributed by atoms with Gasteiger partial charge >= 0.3 is 0 Å². The van der Waals surface area contributed by atoms with E-state index in [1.807, 2.05) is 19.0 Å². The maximum atomic E-state index is 11.9. The molecule has 0 saturated heterocycles. The number of benzene rings is 1. The lowest BCUT2D eigenvalue weighted by Gasteiger charge is -2.23.